The zero-order valence-electron chi connectivity index (χ0n) is 47.0. The maximum absolute atomic E-state index is 2.65. The van der Waals surface area contributed by atoms with Crippen molar-refractivity contribution in [1.29, 1.82) is 0 Å². The van der Waals surface area contributed by atoms with Crippen LogP contribution in [0.5, 0.6) is 0 Å². The van der Waals surface area contributed by atoms with Crippen molar-refractivity contribution in [3.63, 3.8) is 0 Å². The number of hydrogen-bond acceptors (Lipinski definition) is 4. The van der Waals surface area contributed by atoms with Gasteiger partial charge in [-0.15, -0.1) is 0 Å². The highest BCUT2D eigenvalue weighted by Gasteiger charge is 2.50. The van der Waals surface area contributed by atoms with Gasteiger partial charge in [0, 0.05) is 61.8 Å². The summed E-state index contributed by atoms with van der Waals surface area (Å²) < 4.78 is 0. The highest BCUT2D eigenvalue weighted by molar-refractivity contribution is 7.00. The lowest BCUT2D eigenvalue weighted by Gasteiger charge is -2.51. The van der Waals surface area contributed by atoms with Crippen LogP contribution in [0.3, 0.4) is 0 Å². The van der Waals surface area contributed by atoms with E-state index in [0.29, 0.717) is 0 Å². The molecule has 0 amide bonds. The Morgan fingerprint density at radius 3 is 1.27 bits per heavy atom. The molecular formula is C78H59BN4. The van der Waals surface area contributed by atoms with Crippen LogP contribution in [0.4, 0.5) is 68.2 Å². The molecule has 0 radical (unpaired) electrons. The monoisotopic (exact) mass is 1060 g/mol. The Balaban J connectivity index is 1.05. The van der Waals surface area contributed by atoms with Crippen LogP contribution in [-0.4, -0.2) is 6.71 Å². The summed E-state index contributed by atoms with van der Waals surface area (Å²) in [6.07, 6.45) is 0. The Kier molecular flexibility index (Phi) is 11.0. The van der Waals surface area contributed by atoms with Gasteiger partial charge in [-0.05, 0) is 146 Å². The van der Waals surface area contributed by atoms with E-state index in [1.165, 1.54) is 83.6 Å². The molecule has 0 spiro atoms. The summed E-state index contributed by atoms with van der Waals surface area (Å²) in [7, 11) is 0. The van der Waals surface area contributed by atoms with Crippen LogP contribution in [0.25, 0.3) is 33.4 Å². The quantitative estimate of drug-likeness (QED) is 0.141. The second-order valence-corrected chi connectivity index (χ2v) is 23.6. The van der Waals surface area contributed by atoms with E-state index in [1.807, 2.05) is 0 Å². The minimum absolute atomic E-state index is 0.159. The molecular weight excluding hydrogens is 1000 g/mol. The first-order chi connectivity index (χ1) is 40.7. The predicted octanol–water partition coefficient (Wildman–Crippen LogP) is 19.0. The van der Waals surface area contributed by atoms with E-state index < -0.39 is 5.41 Å². The summed E-state index contributed by atoms with van der Waals surface area (Å²) in [4.78, 5) is 10.3. The number of para-hydroxylation sites is 6. The van der Waals surface area contributed by atoms with Gasteiger partial charge in [-0.25, -0.2) is 0 Å². The Morgan fingerprint density at radius 2 is 0.711 bits per heavy atom. The third-order valence-electron chi connectivity index (χ3n) is 18.3. The number of hydrogen-bond donors (Lipinski definition) is 0. The molecule has 0 saturated heterocycles. The lowest BCUT2D eigenvalue weighted by molar-refractivity contribution is 0.598. The summed E-state index contributed by atoms with van der Waals surface area (Å²) in [6, 6.07) is 106. The average molecular weight is 1060 g/mol. The van der Waals surface area contributed by atoms with E-state index in [9.17, 15) is 0 Å². The molecule has 0 saturated carbocycles. The van der Waals surface area contributed by atoms with Crippen LogP contribution < -0.4 is 36.0 Å². The molecule has 4 heterocycles. The first-order valence-electron chi connectivity index (χ1n) is 29.1. The van der Waals surface area contributed by atoms with Gasteiger partial charge in [-0.3, -0.25) is 0 Å². The summed E-state index contributed by atoms with van der Waals surface area (Å²) in [6.45, 7) is 9.63. The normalized spacial score (nSPS) is 14.4. The zero-order chi connectivity index (χ0) is 55.6. The van der Waals surface area contributed by atoms with Crippen LogP contribution in [0.1, 0.15) is 49.9 Å². The number of fused-ring (bicyclic) bond motifs is 8. The molecule has 0 aromatic heterocycles. The van der Waals surface area contributed by atoms with Crippen LogP contribution in [0.2, 0.25) is 0 Å². The van der Waals surface area contributed by atoms with E-state index in [4.69, 9.17) is 0 Å². The Hall–Kier alpha value is -10.1. The van der Waals surface area contributed by atoms with Crippen LogP contribution in [0, 0.1) is 0 Å². The second kappa shape index (κ2) is 18.7. The molecule has 0 atom stereocenters. The van der Waals surface area contributed by atoms with Crippen molar-refractivity contribution in [2.24, 2.45) is 0 Å². The summed E-state index contributed by atoms with van der Waals surface area (Å²) in [5.41, 5.74) is 29.3. The standard InChI is InChI=1S/C78H59BN4/c1-77(2)61-40-22-26-44-69(61)83-71-51-66-72(50-62(71)78(3,4)64-47-55(46-63(77)76(64)83)52-28-10-5-11-29-52)82(68-43-25-21-39-60(68)54-32-14-7-15-33-54)74-49-58(80(56-34-16-8-17-35-56)57-36-18-9-19-37-57)48-73-75(74)79(66)65-41-23-27-45-70(65)81(73)67-42-24-20-38-59(67)53-30-12-6-13-31-53/h5-51H,1-4H3. The van der Waals surface area contributed by atoms with Crippen molar-refractivity contribution in [2.45, 2.75) is 38.5 Å². The number of rotatable bonds is 8. The van der Waals surface area contributed by atoms with Crippen LogP contribution in [0.15, 0.2) is 285 Å². The molecule has 5 heteroatoms. The lowest BCUT2D eigenvalue weighted by atomic mass is 9.33. The summed E-state index contributed by atoms with van der Waals surface area (Å²) in [5.74, 6) is 0. The van der Waals surface area contributed by atoms with Crippen molar-refractivity contribution in [3.05, 3.63) is 307 Å². The van der Waals surface area contributed by atoms with Gasteiger partial charge in [0.15, 0.2) is 0 Å². The van der Waals surface area contributed by atoms with E-state index in [1.54, 1.807) is 0 Å². The number of nitrogens with zero attached hydrogens (tertiary/aromatic N) is 4. The van der Waals surface area contributed by atoms with Gasteiger partial charge in [0.2, 0.25) is 0 Å². The molecule has 4 aliphatic heterocycles. The second-order valence-electron chi connectivity index (χ2n) is 23.6. The third kappa shape index (κ3) is 7.40. The molecule has 0 bridgehead atoms. The minimum atomic E-state index is -0.435. The molecule has 4 aliphatic rings. The fourth-order valence-electron chi connectivity index (χ4n) is 14.4. The van der Waals surface area contributed by atoms with Gasteiger partial charge < -0.3 is 19.6 Å². The highest BCUT2D eigenvalue weighted by Crippen LogP contribution is 2.62. The van der Waals surface area contributed by atoms with Gasteiger partial charge in [-0.1, -0.05) is 228 Å². The van der Waals surface area contributed by atoms with Crippen molar-refractivity contribution in [3.8, 4) is 33.4 Å². The molecule has 83 heavy (non-hydrogen) atoms. The Labute approximate surface area is 487 Å². The minimum Gasteiger partial charge on any atom is -0.311 e. The topological polar surface area (TPSA) is 13.0 Å². The largest absolute Gasteiger partial charge is 0.311 e. The van der Waals surface area contributed by atoms with Crippen LogP contribution >= 0.6 is 0 Å². The van der Waals surface area contributed by atoms with Gasteiger partial charge in [0.25, 0.3) is 6.71 Å². The SMILES string of the molecule is CC1(C)c2ccccc2N2c3cc4c(cc3C(C)(C)c3cc(-c5ccccc5)cc1c32)N(c1ccccc1-c1ccccc1)c1cc(N(c2ccccc2)c2ccccc2)cc2c1B4c1ccccc1N2c1ccccc1-c1ccccc1. The van der Waals surface area contributed by atoms with Gasteiger partial charge in [0.05, 0.1) is 28.4 Å². The van der Waals surface area contributed by atoms with Gasteiger partial charge in [0.1, 0.15) is 0 Å². The summed E-state index contributed by atoms with van der Waals surface area (Å²) >= 11 is 0. The molecule has 394 valence electrons. The van der Waals surface area contributed by atoms with E-state index in [2.05, 4.69) is 332 Å². The zero-order valence-corrected chi connectivity index (χ0v) is 47.0. The van der Waals surface area contributed by atoms with Crippen molar-refractivity contribution in [1.82, 2.24) is 0 Å². The molecule has 12 aromatic carbocycles. The third-order valence-corrected chi connectivity index (χ3v) is 18.3. The van der Waals surface area contributed by atoms with E-state index in [0.717, 1.165) is 56.6 Å². The summed E-state index contributed by atoms with van der Waals surface area (Å²) in [5, 5.41) is 0. The maximum Gasteiger partial charge on any atom is 0.252 e. The molecule has 0 fully saturated rings. The molecule has 0 unspecified atom stereocenters. The van der Waals surface area contributed by atoms with Crippen LogP contribution in [-0.2, 0) is 10.8 Å². The average Bonchev–Trinajstić information content (AvgIpc) is 2.14. The van der Waals surface area contributed by atoms with Gasteiger partial charge >= 0.3 is 0 Å². The maximum atomic E-state index is 2.65. The number of anilines is 12. The molecule has 4 nitrogen and oxygen atoms in total. The Bertz CT molecular complexity index is 4480. The van der Waals surface area contributed by atoms with Crippen molar-refractivity contribution >= 4 is 91.3 Å². The van der Waals surface area contributed by atoms with Gasteiger partial charge in [-0.2, -0.15) is 0 Å². The molecule has 0 aliphatic carbocycles. The first-order valence-corrected chi connectivity index (χ1v) is 29.1. The van der Waals surface area contributed by atoms with E-state index in [-0.39, 0.29) is 12.1 Å². The van der Waals surface area contributed by atoms with Crippen molar-refractivity contribution in [2.75, 3.05) is 19.6 Å². The van der Waals surface area contributed by atoms with E-state index >= 15 is 0 Å². The number of benzene rings is 12. The fraction of sp³-hybridized carbons (Fsp3) is 0.0769. The molecule has 16 rings (SSSR count). The Morgan fingerprint density at radius 1 is 0.277 bits per heavy atom. The van der Waals surface area contributed by atoms with Crippen molar-refractivity contribution < 1.29 is 0 Å². The first kappa shape index (κ1) is 48.8. The lowest BCUT2D eigenvalue weighted by Crippen LogP contribution is -2.61. The predicted molar refractivity (Wildman–Crippen MR) is 350 cm³/mol. The molecule has 0 N–H and O–H groups in total. The highest BCUT2D eigenvalue weighted by atomic mass is 15.2. The smallest absolute Gasteiger partial charge is 0.252 e. The molecule has 12 aromatic rings. The fourth-order valence-corrected chi connectivity index (χ4v) is 14.4.